The Morgan fingerprint density at radius 2 is 1.87 bits per heavy atom. The number of fused-ring (bicyclic) bond motifs is 1. The fourth-order valence-electron chi connectivity index (χ4n) is 1.25. The number of halogens is 3. The normalized spacial score (nSPS) is 10.3. The molecule has 1 aromatic carbocycles. The van der Waals surface area contributed by atoms with E-state index in [0.29, 0.717) is 31.7 Å². The molecule has 1 aromatic heterocycles. The minimum absolute atomic E-state index is 0.294. The van der Waals surface area contributed by atoms with E-state index < -0.39 is 0 Å². The van der Waals surface area contributed by atoms with Crippen molar-refractivity contribution in [3.05, 3.63) is 39.0 Å². The summed E-state index contributed by atoms with van der Waals surface area (Å²) in [7, 11) is 0. The summed E-state index contributed by atoms with van der Waals surface area (Å²) in [5.74, 6) is 0. The smallest absolute Gasteiger partial charge is 0.141 e. The first-order chi connectivity index (χ1) is 7.13. The average molecular weight is 258 g/mol. The fraction of sp³-hybridized carbons (Fsp3) is 0. The van der Waals surface area contributed by atoms with Crippen molar-refractivity contribution < 1.29 is 0 Å². The molecule has 0 unspecified atom stereocenters. The molecule has 2 aromatic rings. The maximum Gasteiger partial charge on any atom is 0.141 e. The molecule has 0 saturated heterocycles. The largest absolute Gasteiger partial charge is 0.235 e. The highest BCUT2D eigenvalue weighted by molar-refractivity contribution is 6.47. The van der Waals surface area contributed by atoms with Crippen molar-refractivity contribution in [3.8, 4) is 6.07 Å². The van der Waals surface area contributed by atoms with E-state index in [4.69, 9.17) is 40.1 Å². The predicted octanol–water partition coefficient (Wildman–Crippen LogP) is 4.07. The molecule has 0 spiro atoms. The first kappa shape index (κ1) is 10.5. The summed E-state index contributed by atoms with van der Waals surface area (Å²) in [4.78, 5) is 4.06. The second kappa shape index (κ2) is 3.86. The minimum atomic E-state index is 0.294. The molecule has 0 aliphatic rings. The lowest BCUT2D eigenvalue weighted by atomic mass is 10.2. The van der Waals surface area contributed by atoms with Gasteiger partial charge in [-0.2, -0.15) is 5.26 Å². The molecule has 0 radical (unpaired) electrons. The molecule has 1 heterocycles. The van der Waals surface area contributed by atoms with Gasteiger partial charge in [-0.1, -0.05) is 34.8 Å². The number of rotatable bonds is 0. The summed E-state index contributed by atoms with van der Waals surface area (Å²) in [6, 6.07) is 6.70. The zero-order valence-corrected chi connectivity index (χ0v) is 9.53. The molecule has 5 heteroatoms. The van der Waals surface area contributed by atoms with Gasteiger partial charge >= 0.3 is 0 Å². The number of nitriles is 1. The molecule has 15 heavy (non-hydrogen) atoms. The van der Waals surface area contributed by atoms with Gasteiger partial charge in [0.2, 0.25) is 0 Å². The van der Waals surface area contributed by atoms with Crippen molar-refractivity contribution in [2.24, 2.45) is 0 Å². The third-order valence-electron chi connectivity index (χ3n) is 1.94. The van der Waals surface area contributed by atoms with Crippen LogP contribution in [0.1, 0.15) is 5.69 Å². The van der Waals surface area contributed by atoms with Crippen LogP contribution < -0.4 is 0 Å². The van der Waals surface area contributed by atoms with Crippen molar-refractivity contribution in [2.75, 3.05) is 0 Å². The quantitative estimate of drug-likeness (QED) is 0.667. The van der Waals surface area contributed by atoms with E-state index in [-0.39, 0.29) is 0 Å². The Morgan fingerprint density at radius 1 is 1.13 bits per heavy atom. The predicted molar refractivity (Wildman–Crippen MR) is 61.5 cm³/mol. The van der Waals surface area contributed by atoms with E-state index in [1.54, 1.807) is 12.1 Å². The summed E-state index contributed by atoms with van der Waals surface area (Å²) in [6.45, 7) is 0. The third-order valence-corrected chi connectivity index (χ3v) is 3.03. The maximum absolute atomic E-state index is 8.70. The number of nitrogens with zero attached hydrogens (tertiary/aromatic N) is 2. The van der Waals surface area contributed by atoms with Crippen LogP contribution in [-0.2, 0) is 0 Å². The number of pyridine rings is 1. The molecule has 74 valence electrons. The van der Waals surface area contributed by atoms with Gasteiger partial charge in [0.25, 0.3) is 0 Å². The van der Waals surface area contributed by atoms with Gasteiger partial charge < -0.3 is 0 Å². The van der Waals surface area contributed by atoms with Crippen LogP contribution in [0.4, 0.5) is 0 Å². The fourth-order valence-corrected chi connectivity index (χ4v) is 1.98. The molecular formula is C10H3Cl3N2. The second-order valence-electron chi connectivity index (χ2n) is 2.86. The number of hydrogen-bond donors (Lipinski definition) is 0. The number of aromatic nitrogens is 1. The van der Waals surface area contributed by atoms with Crippen molar-refractivity contribution in [1.82, 2.24) is 4.98 Å². The molecule has 0 bridgehead atoms. The SMILES string of the molecule is N#Cc1ccc2c(Cl)c(Cl)cc(Cl)c2n1. The number of hydrogen-bond acceptors (Lipinski definition) is 2. The van der Waals surface area contributed by atoms with E-state index in [9.17, 15) is 0 Å². The van der Waals surface area contributed by atoms with Crippen molar-refractivity contribution in [2.45, 2.75) is 0 Å². The molecule has 0 aliphatic heterocycles. The van der Waals surface area contributed by atoms with Gasteiger partial charge in [0.15, 0.2) is 0 Å². The van der Waals surface area contributed by atoms with Gasteiger partial charge in [-0.15, -0.1) is 0 Å². The summed E-state index contributed by atoms with van der Waals surface area (Å²) in [6.07, 6.45) is 0. The molecule has 0 N–H and O–H groups in total. The summed E-state index contributed by atoms with van der Waals surface area (Å²) in [5, 5.41) is 10.5. The second-order valence-corrected chi connectivity index (χ2v) is 4.05. The van der Waals surface area contributed by atoms with E-state index >= 15 is 0 Å². The Hall–Kier alpha value is -1.01. The Balaban J connectivity index is 2.91. The van der Waals surface area contributed by atoms with Crippen molar-refractivity contribution in [3.63, 3.8) is 0 Å². The lowest BCUT2D eigenvalue weighted by molar-refractivity contribution is 1.32. The van der Waals surface area contributed by atoms with Gasteiger partial charge in [0.05, 0.1) is 20.6 Å². The molecule has 0 amide bonds. The third kappa shape index (κ3) is 1.74. The Morgan fingerprint density at radius 3 is 2.53 bits per heavy atom. The zero-order valence-electron chi connectivity index (χ0n) is 7.26. The highest BCUT2D eigenvalue weighted by atomic mass is 35.5. The lowest BCUT2D eigenvalue weighted by Gasteiger charge is -2.04. The van der Waals surface area contributed by atoms with E-state index in [0.717, 1.165) is 0 Å². The Labute approximate surface area is 101 Å². The van der Waals surface area contributed by atoms with Crippen LogP contribution in [0.5, 0.6) is 0 Å². The van der Waals surface area contributed by atoms with E-state index in [1.807, 2.05) is 6.07 Å². The topological polar surface area (TPSA) is 36.7 Å². The molecule has 0 atom stereocenters. The van der Waals surface area contributed by atoms with Crippen LogP contribution in [0.2, 0.25) is 15.1 Å². The van der Waals surface area contributed by atoms with Crippen LogP contribution in [0.25, 0.3) is 10.9 Å². The standard InChI is InChI=1S/C10H3Cl3N2/c11-7-3-8(12)10-6(9(7)13)2-1-5(4-14)15-10/h1-3H. The van der Waals surface area contributed by atoms with Crippen LogP contribution >= 0.6 is 34.8 Å². The van der Waals surface area contributed by atoms with E-state index in [1.165, 1.54) is 6.07 Å². The van der Waals surface area contributed by atoms with Gasteiger partial charge in [-0.05, 0) is 18.2 Å². The van der Waals surface area contributed by atoms with Crippen LogP contribution in [0.3, 0.4) is 0 Å². The first-order valence-corrected chi connectivity index (χ1v) is 5.11. The highest BCUT2D eigenvalue weighted by Crippen LogP contribution is 2.34. The zero-order chi connectivity index (χ0) is 11.0. The summed E-state index contributed by atoms with van der Waals surface area (Å²) >= 11 is 17.8. The average Bonchev–Trinajstić information content (AvgIpc) is 2.25. The van der Waals surface area contributed by atoms with E-state index in [2.05, 4.69) is 4.98 Å². The van der Waals surface area contributed by atoms with Gasteiger partial charge in [-0.3, -0.25) is 0 Å². The Bertz CT molecular complexity index is 587. The van der Waals surface area contributed by atoms with Crippen molar-refractivity contribution in [1.29, 1.82) is 5.26 Å². The summed E-state index contributed by atoms with van der Waals surface area (Å²) < 4.78 is 0. The monoisotopic (exact) mass is 256 g/mol. The lowest BCUT2D eigenvalue weighted by Crippen LogP contribution is -1.86. The first-order valence-electron chi connectivity index (χ1n) is 3.98. The molecule has 0 saturated carbocycles. The van der Waals surface area contributed by atoms with Crippen LogP contribution in [-0.4, -0.2) is 4.98 Å². The highest BCUT2D eigenvalue weighted by Gasteiger charge is 2.09. The van der Waals surface area contributed by atoms with Crippen molar-refractivity contribution >= 4 is 45.7 Å². The number of benzene rings is 1. The summed E-state index contributed by atoms with van der Waals surface area (Å²) in [5.41, 5.74) is 0.785. The molecule has 2 rings (SSSR count). The molecular weight excluding hydrogens is 254 g/mol. The maximum atomic E-state index is 8.70. The Kier molecular flexibility index (Phi) is 2.70. The molecule has 0 fully saturated rings. The minimum Gasteiger partial charge on any atom is -0.235 e. The van der Waals surface area contributed by atoms with Crippen LogP contribution in [0, 0.1) is 11.3 Å². The van der Waals surface area contributed by atoms with Crippen LogP contribution in [0.15, 0.2) is 18.2 Å². The molecule has 2 nitrogen and oxygen atoms in total. The van der Waals surface area contributed by atoms with Gasteiger partial charge in [-0.25, -0.2) is 4.98 Å². The van der Waals surface area contributed by atoms with Gasteiger partial charge in [0.1, 0.15) is 11.8 Å². The van der Waals surface area contributed by atoms with Gasteiger partial charge in [0, 0.05) is 5.39 Å². The molecule has 0 aliphatic carbocycles.